The first-order chi connectivity index (χ1) is 10.6. The molecular formula is C17H22Cl2NPPd. The topological polar surface area (TPSA) is 3.24 Å². The van der Waals surface area contributed by atoms with Crippen LogP contribution in [0.5, 0.6) is 0 Å². The van der Waals surface area contributed by atoms with Crippen LogP contribution in [0, 0.1) is 0 Å². The molecule has 1 atom stereocenters. The molecule has 0 aromatic heterocycles. The number of hydrogen-bond acceptors (Lipinski definition) is 1. The third kappa shape index (κ3) is 7.10. The van der Waals surface area contributed by atoms with Crippen LogP contribution in [0.2, 0.25) is 0 Å². The Morgan fingerprint density at radius 3 is 1.59 bits per heavy atom. The summed E-state index contributed by atoms with van der Waals surface area (Å²) in [5.74, 6) is 0. The Balaban J connectivity index is 0.000000745. The molecule has 0 amide bonds. The normalized spacial score (nSPS) is 12.1. The fourth-order valence-corrected chi connectivity index (χ4v) is 4.64. The van der Waals surface area contributed by atoms with Crippen molar-refractivity contribution in [2.75, 3.05) is 20.3 Å². The Hall–Kier alpha value is 0.0723. The molecule has 124 valence electrons. The van der Waals surface area contributed by atoms with Crippen molar-refractivity contribution >= 4 is 37.6 Å². The molecule has 0 aliphatic rings. The average molecular weight is 449 g/mol. The van der Waals surface area contributed by atoms with Gasteiger partial charge in [0.25, 0.3) is 0 Å². The van der Waals surface area contributed by atoms with Gasteiger partial charge in [0.05, 0.1) is 0 Å². The summed E-state index contributed by atoms with van der Waals surface area (Å²) < 4.78 is 0. The molecule has 0 aliphatic carbocycles. The Morgan fingerprint density at radius 1 is 0.909 bits per heavy atom. The molecular weight excluding hydrogens is 426 g/mol. The first kappa shape index (κ1) is 20.1. The van der Waals surface area contributed by atoms with Gasteiger partial charge in [-0.15, -0.1) is 0 Å². The summed E-state index contributed by atoms with van der Waals surface area (Å²) in [7, 11) is 13.7. The van der Waals surface area contributed by atoms with Crippen LogP contribution < -0.4 is 10.6 Å². The fourth-order valence-electron chi connectivity index (χ4n) is 2.00. The minimum atomic E-state index is -0.264. The van der Waals surface area contributed by atoms with E-state index in [9.17, 15) is 0 Å². The summed E-state index contributed by atoms with van der Waals surface area (Å²) in [6, 6.07) is 22.4. The summed E-state index contributed by atoms with van der Waals surface area (Å²) in [5, 5.41) is 2.94. The van der Waals surface area contributed by atoms with Gasteiger partial charge in [-0.25, -0.2) is 0 Å². The number of hydrogen-bond donors (Lipinski definition) is 0. The summed E-state index contributed by atoms with van der Waals surface area (Å²) >= 11 is -0.106. The van der Waals surface area contributed by atoms with Crippen molar-refractivity contribution in [3.05, 3.63) is 60.7 Å². The van der Waals surface area contributed by atoms with E-state index in [4.69, 9.17) is 19.1 Å². The van der Waals surface area contributed by atoms with Crippen molar-refractivity contribution in [1.82, 2.24) is 4.90 Å². The van der Waals surface area contributed by atoms with Gasteiger partial charge < -0.3 is 4.90 Å². The van der Waals surface area contributed by atoms with E-state index in [-0.39, 0.29) is 23.9 Å². The molecule has 0 spiro atoms. The summed E-state index contributed by atoms with van der Waals surface area (Å²) in [6.07, 6.45) is 1.20. The Bertz CT molecular complexity index is 471. The van der Waals surface area contributed by atoms with Crippen molar-refractivity contribution in [1.29, 1.82) is 0 Å². The van der Waals surface area contributed by atoms with E-state index in [1.54, 1.807) is 0 Å². The molecule has 0 radical (unpaired) electrons. The molecule has 0 saturated carbocycles. The maximum absolute atomic E-state index is 4.81. The van der Waals surface area contributed by atoms with Gasteiger partial charge in [-0.1, -0.05) is 60.7 Å². The molecule has 22 heavy (non-hydrogen) atoms. The summed E-state index contributed by atoms with van der Waals surface area (Å²) in [5.41, 5.74) is 0. The quantitative estimate of drug-likeness (QED) is 0.483. The van der Waals surface area contributed by atoms with Crippen LogP contribution in [0.15, 0.2) is 60.7 Å². The zero-order valence-corrected chi connectivity index (χ0v) is 17.0. The second-order valence-corrected chi connectivity index (χ2v) is 9.75. The summed E-state index contributed by atoms with van der Waals surface area (Å²) in [4.78, 5) is 2.31. The molecule has 1 nitrogen and oxygen atoms in total. The van der Waals surface area contributed by atoms with E-state index in [0.29, 0.717) is 6.04 Å². The van der Waals surface area contributed by atoms with Gasteiger partial charge >= 0.3 is 35.0 Å². The van der Waals surface area contributed by atoms with Crippen LogP contribution >= 0.6 is 27.0 Å². The molecule has 0 aliphatic heterocycles. The van der Waals surface area contributed by atoms with E-state index in [1.165, 1.54) is 16.8 Å². The van der Waals surface area contributed by atoms with Gasteiger partial charge in [0.1, 0.15) is 0 Å². The molecule has 0 fully saturated rings. The Kier molecular flexibility index (Phi) is 10.6. The molecule has 0 saturated heterocycles. The van der Waals surface area contributed by atoms with Crippen molar-refractivity contribution in [2.45, 2.75) is 13.0 Å². The molecule has 2 aromatic carbocycles. The monoisotopic (exact) mass is 447 g/mol. The predicted molar refractivity (Wildman–Crippen MR) is 98.8 cm³/mol. The van der Waals surface area contributed by atoms with Crippen LogP contribution in [0.4, 0.5) is 0 Å². The van der Waals surface area contributed by atoms with Crippen LogP contribution in [-0.2, 0) is 15.9 Å². The predicted octanol–water partition coefficient (Wildman–Crippen LogP) is 4.45. The number of nitrogens with zero attached hydrogens (tertiary/aromatic N) is 1. The third-order valence-electron chi connectivity index (χ3n) is 3.46. The Labute approximate surface area is 151 Å². The van der Waals surface area contributed by atoms with Gasteiger partial charge in [0.2, 0.25) is 0 Å². The standard InChI is InChI=1S/C17H22NP.2ClH.Pd/c1-15(18(2)3)14-19(16-10-6-4-7-11-16)17-12-8-5-9-13-17;;;/h4-13,15H,14H2,1-3H3;2*1H;/q;;;+2/p-2/t15-;;;/m0.../s1. The van der Waals surface area contributed by atoms with Gasteiger partial charge in [-0.3, -0.25) is 0 Å². The molecule has 0 unspecified atom stereocenters. The number of halogens is 2. The van der Waals surface area contributed by atoms with E-state index in [1.807, 2.05) is 0 Å². The van der Waals surface area contributed by atoms with Gasteiger partial charge in [-0.05, 0) is 45.7 Å². The fraction of sp³-hybridized carbons (Fsp3) is 0.294. The van der Waals surface area contributed by atoms with Crippen molar-refractivity contribution in [2.24, 2.45) is 0 Å². The molecule has 0 bridgehead atoms. The van der Waals surface area contributed by atoms with E-state index in [0.717, 1.165) is 0 Å². The molecule has 2 rings (SSSR count). The van der Waals surface area contributed by atoms with E-state index < -0.39 is 0 Å². The van der Waals surface area contributed by atoms with Crippen molar-refractivity contribution in [3.8, 4) is 0 Å². The van der Waals surface area contributed by atoms with Crippen LogP contribution in [-0.4, -0.2) is 31.2 Å². The second kappa shape index (κ2) is 11.6. The van der Waals surface area contributed by atoms with Crippen molar-refractivity contribution in [3.63, 3.8) is 0 Å². The molecule has 2 aromatic rings. The van der Waals surface area contributed by atoms with Crippen molar-refractivity contribution < 1.29 is 15.9 Å². The van der Waals surface area contributed by atoms with E-state index in [2.05, 4.69) is 86.6 Å². The zero-order chi connectivity index (χ0) is 16.4. The average Bonchev–Trinajstić information content (AvgIpc) is 2.54. The van der Waals surface area contributed by atoms with Crippen LogP contribution in [0.25, 0.3) is 0 Å². The first-order valence-electron chi connectivity index (χ1n) is 6.96. The van der Waals surface area contributed by atoms with Gasteiger partial charge in [0, 0.05) is 6.04 Å². The molecule has 5 heteroatoms. The van der Waals surface area contributed by atoms with E-state index >= 15 is 0 Å². The minimum absolute atomic E-state index is 0.106. The van der Waals surface area contributed by atoms with Crippen LogP contribution in [0.1, 0.15) is 6.92 Å². The molecule has 0 heterocycles. The van der Waals surface area contributed by atoms with Crippen LogP contribution in [0.3, 0.4) is 0 Å². The third-order valence-corrected chi connectivity index (χ3v) is 6.20. The first-order valence-corrected chi connectivity index (χ1v) is 12.5. The summed E-state index contributed by atoms with van der Waals surface area (Å²) in [6.45, 7) is 2.31. The second-order valence-electron chi connectivity index (χ2n) is 5.14. The number of rotatable bonds is 5. The Morgan fingerprint density at radius 2 is 1.27 bits per heavy atom. The SMILES string of the molecule is C[C@@H](CP(c1ccccc1)c1ccccc1)N(C)C.[Cl][Pd][Cl]. The van der Waals surface area contributed by atoms with Gasteiger partial charge in [0.15, 0.2) is 0 Å². The zero-order valence-electron chi connectivity index (χ0n) is 13.0. The number of benzene rings is 2. The van der Waals surface area contributed by atoms with Gasteiger partial charge in [-0.2, -0.15) is 0 Å². The maximum atomic E-state index is 4.81. The molecule has 0 N–H and O–H groups in total.